The summed E-state index contributed by atoms with van der Waals surface area (Å²) in [6.45, 7) is 0. The van der Waals surface area contributed by atoms with Crippen LogP contribution in [0.5, 0.6) is 11.5 Å². The Labute approximate surface area is 230 Å². The van der Waals surface area contributed by atoms with Crippen molar-refractivity contribution in [2.24, 2.45) is 0 Å². The lowest BCUT2D eigenvalue weighted by Gasteiger charge is -2.12. The summed E-state index contributed by atoms with van der Waals surface area (Å²) in [5.41, 5.74) is -1.68. The number of methoxy groups -OCH3 is 1. The van der Waals surface area contributed by atoms with Crippen molar-refractivity contribution in [3.63, 3.8) is 0 Å². The van der Waals surface area contributed by atoms with Crippen LogP contribution in [0.3, 0.4) is 0 Å². The molecule has 3 rings (SSSR count). The van der Waals surface area contributed by atoms with Crippen LogP contribution in [-0.4, -0.2) is 31.3 Å². The molecule has 1 N–H and O–H groups in total. The average Bonchev–Trinajstić information content (AvgIpc) is 2.88. The van der Waals surface area contributed by atoms with Crippen molar-refractivity contribution >= 4 is 62.4 Å². The van der Waals surface area contributed by atoms with Gasteiger partial charge in [0.1, 0.15) is 11.6 Å². The van der Waals surface area contributed by atoms with E-state index >= 15 is 0 Å². The predicted molar refractivity (Wildman–Crippen MR) is 139 cm³/mol. The molecule has 0 unspecified atom stereocenters. The minimum Gasteiger partial charge on any atom is -0.493 e. The van der Waals surface area contributed by atoms with Crippen molar-refractivity contribution in [3.05, 3.63) is 96.0 Å². The first-order valence-electron chi connectivity index (χ1n) is 10.3. The van der Waals surface area contributed by atoms with Crippen LogP contribution in [0.15, 0.2) is 65.1 Å². The quantitative estimate of drug-likeness (QED) is 0.114. The van der Waals surface area contributed by atoms with Gasteiger partial charge in [-0.25, -0.2) is 0 Å². The highest BCUT2D eigenvalue weighted by Gasteiger charge is 2.28. The number of non-ortho nitro benzene ring substituents is 1. The third-order valence-electron chi connectivity index (χ3n) is 4.87. The normalized spacial score (nSPS) is 11.3. The molecule has 200 valence electrons. The molecule has 13 nitrogen and oxygen atoms in total. The van der Waals surface area contributed by atoms with Gasteiger partial charge in [0.2, 0.25) is 0 Å². The van der Waals surface area contributed by atoms with Crippen molar-refractivity contribution in [1.29, 1.82) is 5.26 Å². The Hall–Kier alpha value is -4.71. The van der Waals surface area contributed by atoms with E-state index in [4.69, 9.17) is 32.1 Å². The maximum Gasteiger partial charge on any atom is 0.346 e. The number of benzene rings is 3. The van der Waals surface area contributed by atoms with Gasteiger partial charge in [0.25, 0.3) is 17.3 Å². The molecule has 16 heteroatoms. The number of nitrogens with one attached hydrogen (secondary N) is 1. The van der Waals surface area contributed by atoms with E-state index in [0.29, 0.717) is 0 Å². The lowest BCUT2D eigenvalue weighted by atomic mass is 10.1. The third kappa shape index (κ3) is 6.60. The fourth-order valence-corrected chi connectivity index (χ4v) is 4.78. The Bertz CT molecular complexity index is 1660. The number of hydrogen-bond donors (Lipinski definition) is 1. The molecule has 1 amide bonds. The number of amides is 1. The number of anilines is 1. The maximum atomic E-state index is 12.8. The fourth-order valence-electron chi connectivity index (χ4n) is 3.11. The molecule has 39 heavy (non-hydrogen) atoms. The van der Waals surface area contributed by atoms with Gasteiger partial charge >= 0.3 is 10.1 Å². The second-order valence-corrected chi connectivity index (χ2v) is 9.67. The van der Waals surface area contributed by atoms with Crippen LogP contribution < -0.4 is 14.2 Å². The van der Waals surface area contributed by atoms with Crippen molar-refractivity contribution in [3.8, 4) is 17.6 Å². The molecule has 0 fully saturated rings. The summed E-state index contributed by atoms with van der Waals surface area (Å²) in [5, 5.41) is 33.5. The molecule has 0 atom stereocenters. The number of ether oxygens (including phenoxy) is 1. The summed E-state index contributed by atoms with van der Waals surface area (Å²) in [6.07, 6.45) is 1.08. The zero-order valence-electron chi connectivity index (χ0n) is 19.5. The lowest BCUT2D eigenvalue weighted by Crippen LogP contribution is -2.14. The minimum atomic E-state index is -4.71. The number of carbonyl (C=O) groups excluding carboxylic acids is 1. The summed E-state index contributed by atoms with van der Waals surface area (Å²) in [4.78, 5) is 32.6. The van der Waals surface area contributed by atoms with Gasteiger partial charge in [-0.1, -0.05) is 41.4 Å². The molecular weight excluding hydrogens is 579 g/mol. The van der Waals surface area contributed by atoms with E-state index < -0.39 is 47.7 Å². The van der Waals surface area contributed by atoms with E-state index in [1.807, 2.05) is 0 Å². The summed E-state index contributed by atoms with van der Waals surface area (Å²) < 4.78 is 35.9. The van der Waals surface area contributed by atoms with E-state index in [1.54, 1.807) is 6.07 Å². The van der Waals surface area contributed by atoms with Gasteiger partial charge in [-0.15, -0.1) is 0 Å². The Morgan fingerprint density at radius 2 is 1.67 bits per heavy atom. The monoisotopic (exact) mass is 592 g/mol. The number of para-hydroxylation sites is 1. The van der Waals surface area contributed by atoms with Gasteiger partial charge in [0, 0.05) is 18.2 Å². The predicted octanol–water partition coefficient (Wildman–Crippen LogP) is 5.13. The Morgan fingerprint density at radius 1 is 1.03 bits per heavy atom. The minimum absolute atomic E-state index is 0.0679. The average molecular weight is 593 g/mol. The number of nitro benzene ring substituents is 2. The van der Waals surface area contributed by atoms with Gasteiger partial charge in [-0.2, -0.15) is 13.7 Å². The van der Waals surface area contributed by atoms with E-state index in [0.717, 1.165) is 36.4 Å². The maximum absolute atomic E-state index is 12.8. The number of carbonyl (C=O) groups is 1. The van der Waals surface area contributed by atoms with Gasteiger partial charge in [0.05, 0.1) is 32.7 Å². The molecule has 3 aromatic carbocycles. The second-order valence-electron chi connectivity index (χ2n) is 7.34. The van der Waals surface area contributed by atoms with Crippen LogP contribution in [0.2, 0.25) is 10.0 Å². The van der Waals surface area contributed by atoms with Crippen molar-refractivity contribution < 1.29 is 32.0 Å². The number of halogens is 2. The molecule has 0 saturated carbocycles. The van der Waals surface area contributed by atoms with Crippen LogP contribution in [-0.2, 0) is 14.9 Å². The Balaban J connectivity index is 1.96. The molecule has 0 bridgehead atoms. The number of rotatable bonds is 9. The fraction of sp³-hybridized carbons (Fsp3) is 0.0435. The van der Waals surface area contributed by atoms with Crippen LogP contribution in [0.25, 0.3) is 6.08 Å². The number of nitriles is 1. The topological polar surface area (TPSA) is 192 Å². The van der Waals surface area contributed by atoms with E-state index in [9.17, 15) is 38.7 Å². The second kappa shape index (κ2) is 11.8. The first-order valence-corrected chi connectivity index (χ1v) is 12.5. The lowest BCUT2D eigenvalue weighted by molar-refractivity contribution is -0.387. The molecule has 0 aliphatic carbocycles. The van der Waals surface area contributed by atoms with Crippen LogP contribution in [0.1, 0.15) is 5.56 Å². The smallest absolute Gasteiger partial charge is 0.346 e. The molecular formula is C23H14Cl2N4O9S. The standard InChI is InChI=1S/C23H14Cl2N4O9S/c1-37-19-7-6-13(9-20(19)38-39(35,36)21-5-3-2-4-18(21)29(33)34)8-14(12-26)23(30)27-22-16(24)10-15(28(31)32)11-17(22)25/h2-11H,1H3,(H,27,30)/b14-8+. The molecule has 3 aromatic rings. The molecule has 0 aromatic heterocycles. The molecule has 0 radical (unpaired) electrons. The van der Waals surface area contributed by atoms with Gasteiger partial charge in [0.15, 0.2) is 16.4 Å². The molecule has 0 aliphatic rings. The van der Waals surface area contributed by atoms with E-state index in [1.165, 1.54) is 31.4 Å². The summed E-state index contributed by atoms with van der Waals surface area (Å²) in [7, 11) is -3.49. The largest absolute Gasteiger partial charge is 0.493 e. The van der Waals surface area contributed by atoms with Crippen molar-refractivity contribution in [2.45, 2.75) is 4.90 Å². The first-order chi connectivity index (χ1) is 18.4. The summed E-state index contributed by atoms with van der Waals surface area (Å²) in [5.74, 6) is -1.44. The van der Waals surface area contributed by atoms with Crippen molar-refractivity contribution in [1.82, 2.24) is 0 Å². The molecule has 0 spiro atoms. The SMILES string of the molecule is COc1ccc(/C=C(\C#N)C(=O)Nc2c(Cl)cc([N+](=O)[O-])cc2Cl)cc1OS(=O)(=O)c1ccccc1[N+](=O)[O-]. The van der Waals surface area contributed by atoms with Gasteiger partial charge in [-0.05, 0) is 29.8 Å². The molecule has 0 saturated heterocycles. The molecule has 0 heterocycles. The third-order valence-corrected chi connectivity index (χ3v) is 6.75. The van der Waals surface area contributed by atoms with E-state index in [2.05, 4.69) is 5.32 Å². The van der Waals surface area contributed by atoms with Crippen LogP contribution in [0.4, 0.5) is 17.1 Å². The zero-order valence-corrected chi connectivity index (χ0v) is 21.8. The highest BCUT2D eigenvalue weighted by molar-refractivity contribution is 7.87. The van der Waals surface area contributed by atoms with Gasteiger partial charge < -0.3 is 14.2 Å². The van der Waals surface area contributed by atoms with Crippen LogP contribution in [0, 0.1) is 31.6 Å². The zero-order chi connectivity index (χ0) is 28.9. The first kappa shape index (κ1) is 28.9. The number of nitro groups is 2. The summed E-state index contributed by atoms with van der Waals surface area (Å²) in [6, 6.07) is 11.9. The molecule has 0 aliphatic heterocycles. The Kier molecular flexibility index (Phi) is 8.71. The highest BCUT2D eigenvalue weighted by Crippen LogP contribution is 2.36. The number of nitrogens with zero attached hydrogens (tertiary/aromatic N) is 3. The van der Waals surface area contributed by atoms with E-state index in [-0.39, 0.29) is 32.8 Å². The highest BCUT2D eigenvalue weighted by atomic mass is 35.5. The summed E-state index contributed by atoms with van der Waals surface area (Å²) >= 11 is 12.0. The number of hydrogen-bond acceptors (Lipinski definition) is 10. The van der Waals surface area contributed by atoms with Crippen LogP contribution >= 0.6 is 23.2 Å². The van der Waals surface area contributed by atoms with Crippen molar-refractivity contribution in [2.75, 3.05) is 12.4 Å². The van der Waals surface area contributed by atoms with Gasteiger partial charge in [-0.3, -0.25) is 25.0 Å². The Morgan fingerprint density at radius 3 is 2.23 bits per heavy atom.